The second-order valence-electron chi connectivity index (χ2n) is 7.32. The molecule has 3 N–H and O–H groups in total. The third-order valence-electron chi connectivity index (χ3n) is 4.12. The van der Waals surface area contributed by atoms with Crippen molar-refractivity contribution < 1.29 is 24.2 Å². The number of aliphatic hydroxyl groups excluding tert-OH is 1. The minimum atomic E-state index is -0.628. The molecule has 1 heterocycles. The van der Waals surface area contributed by atoms with Crippen LogP contribution in [0.5, 0.6) is 0 Å². The van der Waals surface area contributed by atoms with Crippen molar-refractivity contribution in [3.05, 3.63) is 34.5 Å². The number of esters is 1. The fourth-order valence-corrected chi connectivity index (χ4v) is 2.73. The van der Waals surface area contributed by atoms with Gasteiger partial charge in [0.05, 0.1) is 36.5 Å². The lowest BCUT2D eigenvalue weighted by Crippen LogP contribution is -2.31. The van der Waals surface area contributed by atoms with Crippen LogP contribution in [-0.2, 0) is 19.1 Å². The molecule has 28 heavy (non-hydrogen) atoms. The maximum atomic E-state index is 12.5. The number of β-amino-alcohol motifs (C(OH)–C–C–N with tert-alkyl or cyclic N) is 1. The zero-order valence-electron chi connectivity index (χ0n) is 16.3. The van der Waals surface area contributed by atoms with E-state index >= 15 is 0 Å². The summed E-state index contributed by atoms with van der Waals surface area (Å²) in [4.78, 5) is 38.0. The average Bonchev–Trinajstić information content (AvgIpc) is 2.92. The number of hydrogen-bond acceptors (Lipinski definition) is 6. The number of carbonyl (C=O) groups is 3. The molecule has 1 aliphatic heterocycles. The van der Waals surface area contributed by atoms with Crippen molar-refractivity contribution in [3.63, 3.8) is 0 Å². The Morgan fingerprint density at radius 2 is 2.00 bits per heavy atom. The van der Waals surface area contributed by atoms with Gasteiger partial charge in [0.15, 0.2) is 0 Å². The van der Waals surface area contributed by atoms with Gasteiger partial charge in [-0.15, -0.1) is 0 Å². The minimum Gasteiger partial charge on any atom is -0.466 e. The molecular weight excluding hydrogens is 386 g/mol. The summed E-state index contributed by atoms with van der Waals surface area (Å²) in [5.41, 5.74) is 0.570. The quantitative estimate of drug-likeness (QED) is 0.620. The van der Waals surface area contributed by atoms with Crippen LogP contribution in [0.25, 0.3) is 0 Å². The van der Waals surface area contributed by atoms with Gasteiger partial charge in [-0.25, -0.2) is 4.79 Å². The van der Waals surface area contributed by atoms with E-state index in [0.29, 0.717) is 11.4 Å². The van der Waals surface area contributed by atoms with Crippen LogP contribution < -0.4 is 10.6 Å². The molecular formula is C19H24ClN3O5. The van der Waals surface area contributed by atoms with Crippen LogP contribution in [0.1, 0.15) is 20.8 Å². The van der Waals surface area contributed by atoms with Crippen LogP contribution in [0.4, 0.5) is 11.4 Å². The highest BCUT2D eigenvalue weighted by molar-refractivity contribution is 6.34. The molecule has 0 aliphatic carbocycles. The Bertz CT molecular complexity index is 829. The van der Waals surface area contributed by atoms with Gasteiger partial charge in [-0.1, -0.05) is 32.4 Å². The van der Waals surface area contributed by atoms with Gasteiger partial charge in [0.1, 0.15) is 5.70 Å². The van der Waals surface area contributed by atoms with Crippen LogP contribution in [0.3, 0.4) is 0 Å². The molecule has 8 nitrogen and oxygen atoms in total. The van der Waals surface area contributed by atoms with Gasteiger partial charge >= 0.3 is 5.97 Å². The van der Waals surface area contributed by atoms with Crippen molar-refractivity contribution in [2.75, 3.05) is 37.4 Å². The van der Waals surface area contributed by atoms with E-state index in [1.807, 2.05) is 0 Å². The lowest BCUT2D eigenvalue weighted by Gasteiger charge is -2.19. The van der Waals surface area contributed by atoms with Gasteiger partial charge < -0.3 is 25.4 Å². The molecule has 0 spiro atoms. The number of rotatable bonds is 6. The van der Waals surface area contributed by atoms with E-state index in [0.717, 1.165) is 0 Å². The zero-order valence-corrected chi connectivity index (χ0v) is 17.0. The molecule has 0 saturated heterocycles. The smallest absolute Gasteiger partial charge is 0.337 e. The predicted octanol–water partition coefficient (Wildman–Crippen LogP) is 2.00. The molecule has 0 atom stereocenters. The van der Waals surface area contributed by atoms with Crippen LogP contribution in [0, 0.1) is 5.41 Å². The number of ether oxygens (including phenoxy) is 1. The first-order valence-corrected chi connectivity index (χ1v) is 9.06. The maximum absolute atomic E-state index is 12.5. The van der Waals surface area contributed by atoms with Gasteiger partial charge in [-0.2, -0.15) is 0 Å². The Labute approximate surface area is 168 Å². The molecule has 152 valence electrons. The molecule has 2 amide bonds. The Balaban J connectivity index is 2.25. The summed E-state index contributed by atoms with van der Waals surface area (Å²) >= 11 is 6.26. The molecule has 0 fully saturated rings. The Hall–Kier alpha value is -2.58. The van der Waals surface area contributed by atoms with E-state index in [-0.39, 0.29) is 41.9 Å². The minimum absolute atomic E-state index is 0.0435. The number of amides is 2. The van der Waals surface area contributed by atoms with E-state index in [9.17, 15) is 14.4 Å². The number of nitrogens with one attached hydrogen (secondary N) is 2. The third kappa shape index (κ3) is 4.82. The second-order valence-corrected chi connectivity index (χ2v) is 7.73. The summed E-state index contributed by atoms with van der Waals surface area (Å²) in [5, 5.41) is 15.0. The standard InChI is InChI=1S/C19H24ClN3O5/c1-19(2,3)18(27)22-14-6-5-11(9-13(14)20)21-15-12(17(26)28-4)10-23(7-8-24)16(15)25/h5-6,9,21,24H,7-8,10H2,1-4H3,(H,22,27). The number of anilines is 2. The number of hydrogen-bond donors (Lipinski definition) is 3. The van der Waals surface area contributed by atoms with Crippen LogP contribution in [-0.4, -0.2) is 54.6 Å². The highest BCUT2D eigenvalue weighted by atomic mass is 35.5. The van der Waals surface area contributed by atoms with Crippen molar-refractivity contribution in [3.8, 4) is 0 Å². The monoisotopic (exact) mass is 409 g/mol. The molecule has 1 aliphatic rings. The molecule has 0 bridgehead atoms. The van der Waals surface area contributed by atoms with Crippen LogP contribution in [0.2, 0.25) is 5.02 Å². The topological polar surface area (TPSA) is 108 Å². The molecule has 9 heteroatoms. The van der Waals surface area contributed by atoms with E-state index in [4.69, 9.17) is 21.4 Å². The highest BCUT2D eigenvalue weighted by Gasteiger charge is 2.34. The average molecular weight is 410 g/mol. The van der Waals surface area contributed by atoms with E-state index in [2.05, 4.69) is 10.6 Å². The molecule has 0 radical (unpaired) electrons. The van der Waals surface area contributed by atoms with Crippen molar-refractivity contribution in [1.82, 2.24) is 4.90 Å². The number of carbonyl (C=O) groups excluding carboxylic acids is 3. The molecule has 1 aromatic carbocycles. The third-order valence-corrected chi connectivity index (χ3v) is 4.43. The number of aliphatic hydroxyl groups is 1. The Kier molecular flexibility index (Phi) is 6.69. The predicted molar refractivity (Wildman–Crippen MR) is 106 cm³/mol. The summed E-state index contributed by atoms with van der Waals surface area (Å²) in [7, 11) is 1.23. The zero-order chi connectivity index (χ0) is 21.1. The van der Waals surface area contributed by atoms with Crippen molar-refractivity contribution in [2.24, 2.45) is 5.41 Å². The van der Waals surface area contributed by atoms with Gasteiger partial charge in [-0.05, 0) is 18.2 Å². The first-order chi connectivity index (χ1) is 13.1. The number of nitrogens with zero attached hydrogens (tertiary/aromatic N) is 1. The summed E-state index contributed by atoms with van der Waals surface area (Å²) in [6.07, 6.45) is 0. The summed E-state index contributed by atoms with van der Waals surface area (Å²) in [6, 6.07) is 4.79. The Morgan fingerprint density at radius 3 is 2.54 bits per heavy atom. The number of benzene rings is 1. The lowest BCUT2D eigenvalue weighted by molar-refractivity contribution is -0.136. The molecule has 1 aromatic rings. The van der Waals surface area contributed by atoms with Gasteiger partial charge in [0.2, 0.25) is 5.91 Å². The van der Waals surface area contributed by atoms with Gasteiger partial charge in [-0.3, -0.25) is 9.59 Å². The first-order valence-electron chi connectivity index (χ1n) is 8.68. The second kappa shape index (κ2) is 8.62. The lowest BCUT2D eigenvalue weighted by atomic mass is 9.95. The highest BCUT2D eigenvalue weighted by Crippen LogP contribution is 2.29. The van der Waals surface area contributed by atoms with Gasteiger partial charge in [0, 0.05) is 17.6 Å². The molecule has 0 unspecified atom stereocenters. The van der Waals surface area contributed by atoms with Crippen LogP contribution >= 0.6 is 11.6 Å². The van der Waals surface area contributed by atoms with E-state index in [1.165, 1.54) is 12.0 Å². The van der Waals surface area contributed by atoms with Crippen molar-refractivity contribution in [2.45, 2.75) is 20.8 Å². The van der Waals surface area contributed by atoms with Crippen molar-refractivity contribution in [1.29, 1.82) is 0 Å². The normalized spacial score (nSPS) is 14.4. The number of halogens is 1. The number of methoxy groups -OCH3 is 1. The van der Waals surface area contributed by atoms with E-state index < -0.39 is 17.3 Å². The largest absolute Gasteiger partial charge is 0.466 e. The molecule has 0 aromatic heterocycles. The maximum Gasteiger partial charge on any atom is 0.337 e. The van der Waals surface area contributed by atoms with Crippen LogP contribution in [0.15, 0.2) is 29.5 Å². The van der Waals surface area contributed by atoms with Crippen molar-refractivity contribution >= 4 is 40.8 Å². The molecule has 0 saturated carbocycles. The summed E-state index contributed by atoms with van der Waals surface area (Å²) in [5.74, 6) is -1.23. The fraction of sp³-hybridized carbons (Fsp3) is 0.421. The summed E-state index contributed by atoms with van der Waals surface area (Å²) in [6.45, 7) is 5.29. The summed E-state index contributed by atoms with van der Waals surface area (Å²) < 4.78 is 4.74. The Morgan fingerprint density at radius 1 is 1.32 bits per heavy atom. The first kappa shape index (κ1) is 21.7. The molecule has 2 rings (SSSR count). The SMILES string of the molecule is COC(=O)C1=C(Nc2ccc(NC(=O)C(C)(C)C)c(Cl)c2)C(=O)N(CCO)C1. The fourth-order valence-electron chi connectivity index (χ4n) is 2.50. The van der Waals surface area contributed by atoms with E-state index in [1.54, 1.807) is 39.0 Å². The van der Waals surface area contributed by atoms with Gasteiger partial charge in [0.25, 0.3) is 5.91 Å².